The number of benzene rings is 1. The Morgan fingerprint density at radius 3 is 2.70 bits per heavy atom. The molecule has 0 amide bonds. The molecule has 1 saturated heterocycles. The van der Waals surface area contributed by atoms with Crippen LogP contribution in [0.5, 0.6) is 5.75 Å². The van der Waals surface area contributed by atoms with E-state index >= 15 is 0 Å². The van der Waals surface area contributed by atoms with E-state index in [4.69, 9.17) is 9.47 Å². The summed E-state index contributed by atoms with van der Waals surface area (Å²) >= 11 is 3.16. The minimum absolute atomic E-state index is 0.157. The van der Waals surface area contributed by atoms with Crippen molar-refractivity contribution in [2.45, 2.75) is 42.6 Å². The van der Waals surface area contributed by atoms with Crippen LogP contribution in [0.1, 0.15) is 18.4 Å². The fourth-order valence-corrected chi connectivity index (χ4v) is 4.76. The molecule has 1 unspecified atom stereocenters. The number of aromatic nitrogens is 3. The van der Waals surface area contributed by atoms with Crippen LogP contribution in [-0.2, 0) is 17.0 Å². The lowest BCUT2D eigenvalue weighted by atomic mass is 10.2. The smallest absolute Gasteiger partial charge is 0.422 e. The van der Waals surface area contributed by atoms with E-state index in [1.54, 1.807) is 47.4 Å². The number of halogens is 3. The Bertz CT molecular complexity index is 937. The average molecular weight is 456 g/mol. The highest BCUT2D eigenvalue weighted by molar-refractivity contribution is 7.98. The van der Waals surface area contributed by atoms with Gasteiger partial charge in [-0.05, 0) is 42.0 Å². The number of hydrogen-bond acceptors (Lipinski definition) is 6. The van der Waals surface area contributed by atoms with Gasteiger partial charge in [0, 0.05) is 12.4 Å². The maximum Gasteiger partial charge on any atom is 0.422 e. The van der Waals surface area contributed by atoms with Gasteiger partial charge in [-0.1, -0.05) is 30.0 Å². The lowest BCUT2D eigenvalue weighted by molar-refractivity contribution is -0.153. The van der Waals surface area contributed by atoms with Crippen molar-refractivity contribution < 1.29 is 22.6 Å². The summed E-state index contributed by atoms with van der Waals surface area (Å²) < 4.78 is 49.5. The van der Waals surface area contributed by atoms with E-state index in [0.29, 0.717) is 12.3 Å². The first-order valence-electron chi connectivity index (χ1n) is 9.48. The van der Waals surface area contributed by atoms with Crippen LogP contribution in [0.2, 0.25) is 0 Å². The van der Waals surface area contributed by atoms with E-state index in [1.807, 2.05) is 17.5 Å². The maximum atomic E-state index is 12.3. The van der Waals surface area contributed by atoms with Crippen molar-refractivity contribution in [1.82, 2.24) is 14.8 Å². The highest BCUT2D eigenvalue weighted by Gasteiger charge is 2.28. The second kappa shape index (κ2) is 9.40. The molecule has 5 nitrogen and oxygen atoms in total. The van der Waals surface area contributed by atoms with Crippen molar-refractivity contribution in [3.63, 3.8) is 0 Å². The molecule has 1 aromatic carbocycles. The molecule has 0 radical (unpaired) electrons. The van der Waals surface area contributed by atoms with E-state index in [9.17, 15) is 13.2 Å². The Morgan fingerprint density at radius 2 is 2.03 bits per heavy atom. The summed E-state index contributed by atoms with van der Waals surface area (Å²) in [5, 5.41) is 11.6. The van der Waals surface area contributed by atoms with Crippen LogP contribution in [-0.4, -0.2) is 40.3 Å². The zero-order valence-electron chi connectivity index (χ0n) is 16.0. The van der Waals surface area contributed by atoms with Crippen LogP contribution >= 0.6 is 23.1 Å². The fraction of sp³-hybridized carbons (Fsp3) is 0.400. The van der Waals surface area contributed by atoms with Crippen LogP contribution < -0.4 is 4.74 Å². The molecule has 3 heterocycles. The van der Waals surface area contributed by atoms with Gasteiger partial charge < -0.3 is 9.47 Å². The molecule has 0 saturated carbocycles. The van der Waals surface area contributed by atoms with Gasteiger partial charge in [0.1, 0.15) is 5.75 Å². The van der Waals surface area contributed by atoms with Crippen molar-refractivity contribution in [3.05, 3.63) is 47.3 Å². The SMILES string of the molecule is FC(F)(F)COc1ccc(CSc2nnc(-c3cccs3)n2CC2CCCO2)cc1. The first-order chi connectivity index (χ1) is 14.5. The molecule has 0 aliphatic carbocycles. The minimum Gasteiger partial charge on any atom is -0.484 e. The number of rotatable bonds is 8. The number of hydrogen-bond donors (Lipinski definition) is 0. The molecular formula is C20H20F3N3O2S2. The van der Waals surface area contributed by atoms with E-state index in [1.165, 1.54) is 0 Å². The van der Waals surface area contributed by atoms with Gasteiger partial charge in [-0.25, -0.2) is 0 Å². The third-order valence-corrected chi connectivity index (χ3v) is 6.47. The Morgan fingerprint density at radius 1 is 1.20 bits per heavy atom. The second-order valence-electron chi connectivity index (χ2n) is 6.87. The largest absolute Gasteiger partial charge is 0.484 e. The standard InChI is InChI=1S/C20H20F3N3O2S2/c21-20(22,23)13-28-15-7-5-14(6-8-15)12-30-19-25-24-18(17-4-2-10-29-17)26(19)11-16-3-1-9-27-16/h2,4-8,10,16H,1,3,9,11-13H2. The molecule has 1 atom stereocenters. The molecule has 1 aliphatic rings. The van der Waals surface area contributed by atoms with Gasteiger partial charge in [-0.3, -0.25) is 4.57 Å². The molecule has 2 aromatic heterocycles. The molecule has 3 aromatic rings. The first-order valence-corrected chi connectivity index (χ1v) is 11.3. The highest BCUT2D eigenvalue weighted by atomic mass is 32.2. The molecule has 0 spiro atoms. The van der Waals surface area contributed by atoms with Crippen molar-refractivity contribution in [1.29, 1.82) is 0 Å². The number of thioether (sulfide) groups is 1. The topological polar surface area (TPSA) is 49.2 Å². The Kier molecular flexibility index (Phi) is 6.64. The summed E-state index contributed by atoms with van der Waals surface area (Å²) in [4.78, 5) is 1.05. The van der Waals surface area contributed by atoms with Gasteiger partial charge in [0.05, 0.1) is 17.5 Å². The van der Waals surface area contributed by atoms with Gasteiger partial charge in [-0.2, -0.15) is 13.2 Å². The third-order valence-electron chi connectivity index (χ3n) is 4.56. The average Bonchev–Trinajstić information content (AvgIpc) is 3.48. The van der Waals surface area contributed by atoms with Gasteiger partial charge >= 0.3 is 6.18 Å². The molecule has 1 fully saturated rings. The summed E-state index contributed by atoms with van der Waals surface area (Å²) in [5.41, 5.74) is 0.962. The summed E-state index contributed by atoms with van der Waals surface area (Å²) in [5.74, 6) is 1.65. The molecule has 30 heavy (non-hydrogen) atoms. The maximum absolute atomic E-state index is 12.3. The van der Waals surface area contributed by atoms with Crippen LogP contribution in [0.3, 0.4) is 0 Å². The van der Waals surface area contributed by atoms with Gasteiger partial charge in [0.25, 0.3) is 0 Å². The molecule has 160 valence electrons. The fourth-order valence-electron chi connectivity index (χ4n) is 3.14. The van der Waals surface area contributed by atoms with Gasteiger partial charge in [-0.15, -0.1) is 21.5 Å². The Labute approximate surface area is 180 Å². The highest BCUT2D eigenvalue weighted by Crippen LogP contribution is 2.30. The molecule has 4 rings (SSSR count). The molecule has 10 heteroatoms. The van der Waals surface area contributed by atoms with Gasteiger partial charge in [0.15, 0.2) is 17.6 Å². The zero-order chi connectivity index (χ0) is 21.0. The van der Waals surface area contributed by atoms with E-state index in [0.717, 1.165) is 40.9 Å². The van der Waals surface area contributed by atoms with E-state index in [-0.39, 0.29) is 11.9 Å². The molecule has 0 N–H and O–H groups in total. The van der Waals surface area contributed by atoms with Gasteiger partial charge in [0.2, 0.25) is 0 Å². The van der Waals surface area contributed by atoms with Crippen molar-refractivity contribution in [2.24, 2.45) is 0 Å². The predicted molar refractivity (Wildman–Crippen MR) is 110 cm³/mol. The summed E-state index contributed by atoms with van der Waals surface area (Å²) in [6.45, 7) is 0.193. The minimum atomic E-state index is -4.35. The number of alkyl halides is 3. The zero-order valence-corrected chi connectivity index (χ0v) is 17.6. The number of nitrogens with zero attached hydrogens (tertiary/aromatic N) is 3. The van der Waals surface area contributed by atoms with Crippen molar-refractivity contribution >= 4 is 23.1 Å². The van der Waals surface area contributed by atoms with Crippen molar-refractivity contribution in [3.8, 4) is 16.5 Å². The van der Waals surface area contributed by atoms with Crippen molar-refractivity contribution in [2.75, 3.05) is 13.2 Å². The number of ether oxygens (including phenoxy) is 2. The molecular weight excluding hydrogens is 435 g/mol. The summed E-state index contributed by atoms with van der Waals surface area (Å²) in [7, 11) is 0. The van der Waals surface area contributed by atoms with E-state index in [2.05, 4.69) is 14.8 Å². The quantitative estimate of drug-likeness (QED) is 0.425. The lowest BCUT2D eigenvalue weighted by Gasteiger charge is -2.14. The Hall–Kier alpha value is -2.04. The van der Waals surface area contributed by atoms with Crippen LogP contribution in [0.25, 0.3) is 10.7 Å². The summed E-state index contributed by atoms with van der Waals surface area (Å²) in [6.07, 6.45) is -2.11. The second-order valence-corrected chi connectivity index (χ2v) is 8.76. The molecule has 1 aliphatic heterocycles. The first kappa shape index (κ1) is 21.2. The predicted octanol–water partition coefficient (Wildman–Crippen LogP) is 5.42. The van der Waals surface area contributed by atoms with Crippen LogP contribution in [0.15, 0.2) is 46.9 Å². The van der Waals surface area contributed by atoms with E-state index < -0.39 is 12.8 Å². The summed E-state index contributed by atoms with van der Waals surface area (Å²) in [6, 6.07) is 10.6. The normalized spacial score (nSPS) is 16.8. The Balaban J connectivity index is 1.44. The van der Waals surface area contributed by atoms with Crippen LogP contribution in [0.4, 0.5) is 13.2 Å². The third kappa shape index (κ3) is 5.55. The molecule has 0 bridgehead atoms. The van der Waals surface area contributed by atoms with Crippen LogP contribution in [0, 0.1) is 0 Å². The monoisotopic (exact) mass is 455 g/mol. The number of thiophene rings is 1. The lowest BCUT2D eigenvalue weighted by Crippen LogP contribution is -2.19.